The van der Waals surface area contributed by atoms with Gasteiger partial charge in [0.2, 0.25) is 0 Å². The fourth-order valence-electron chi connectivity index (χ4n) is 0.889. The van der Waals surface area contributed by atoms with Gasteiger partial charge in [0.1, 0.15) is 5.75 Å². The SMILES string of the molecule is NCC(=O)CNc1cccc(O)c1. The molecule has 0 aliphatic heterocycles. The molecule has 0 unspecified atom stereocenters. The van der Waals surface area contributed by atoms with Crippen LogP contribution in [-0.2, 0) is 4.79 Å². The van der Waals surface area contributed by atoms with E-state index >= 15 is 0 Å². The van der Waals surface area contributed by atoms with E-state index in [1.54, 1.807) is 24.3 Å². The standard InChI is InChI=1S/C9H12N2O2/c10-5-9(13)6-11-7-2-1-3-8(12)4-7/h1-4,11-12H,5-6,10H2. The first-order valence-electron chi connectivity index (χ1n) is 3.97. The van der Waals surface area contributed by atoms with Crippen molar-refractivity contribution in [2.45, 2.75) is 0 Å². The minimum atomic E-state index is -0.0663. The topological polar surface area (TPSA) is 75.4 Å². The van der Waals surface area contributed by atoms with Crippen molar-refractivity contribution in [3.05, 3.63) is 24.3 Å². The van der Waals surface area contributed by atoms with Gasteiger partial charge in [0.15, 0.2) is 5.78 Å². The fraction of sp³-hybridized carbons (Fsp3) is 0.222. The maximum atomic E-state index is 10.8. The summed E-state index contributed by atoms with van der Waals surface area (Å²) >= 11 is 0. The van der Waals surface area contributed by atoms with Gasteiger partial charge in [-0.05, 0) is 12.1 Å². The Labute approximate surface area is 76.4 Å². The van der Waals surface area contributed by atoms with Crippen LogP contribution in [0.1, 0.15) is 0 Å². The lowest BCUT2D eigenvalue weighted by Crippen LogP contribution is -2.22. The van der Waals surface area contributed by atoms with Crippen molar-refractivity contribution >= 4 is 11.5 Å². The second-order valence-corrected chi connectivity index (χ2v) is 2.65. The molecule has 0 amide bonds. The van der Waals surface area contributed by atoms with E-state index in [9.17, 15) is 4.79 Å². The quantitative estimate of drug-likeness (QED) is 0.624. The Bertz CT molecular complexity index is 299. The van der Waals surface area contributed by atoms with E-state index in [1.165, 1.54) is 0 Å². The van der Waals surface area contributed by atoms with Crippen molar-refractivity contribution in [3.8, 4) is 5.75 Å². The first-order chi connectivity index (χ1) is 6.22. The van der Waals surface area contributed by atoms with Gasteiger partial charge < -0.3 is 16.2 Å². The van der Waals surface area contributed by atoms with Crippen LogP contribution < -0.4 is 11.1 Å². The number of hydrogen-bond donors (Lipinski definition) is 3. The predicted octanol–water partition coefficient (Wildman–Crippen LogP) is 0.332. The molecule has 0 saturated carbocycles. The summed E-state index contributed by atoms with van der Waals surface area (Å²) in [7, 11) is 0. The normalized spacial score (nSPS) is 9.62. The van der Waals surface area contributed by atoms with Crippen molar-refractivity contribution < 1.29 is 9.90 Å². The minimum absolute atomic E-state index is 0.0335. The monoisotopic (exact) mass is 180 g/mol. The zero-order valence-electron chi connectivity index (χ0n) is 7.16. The lowest BCUT2D eigenvalue weighted by Gasteiger charge is -2.04. The van der Waals surface area contributed by atoms with Gasteiger partial charge >= 0.3 is 0 Å². The number of carbonyl (C=O) groups is 1. The van der Waals surface area contributed by atoms with E-state index in [1.807, 2.05) is 0 Å². The van der Waals surface area contributed by atoms with Gasteiger partial charge in [-0.3, -0.25) is 4.79 Å². The summed E-state index contributed by atoms with van der Waals surface area (Å²) in [6, 6.07) is 6.58. The highest BCUT2D eigenvalue weighted by molar-refractivity contribution is 5.84. The van der Waals surface area contributed by atoms with Crippen molar-refractivity contribution in [2.75, 3.05) is 18.4 Å². The number of aromatic hydroxyl groups is 1. The molecule has 0 heterocycles. The Hall–Kier alpha value is -1.55. The molecule has 4 N–H and O–H groups in total. The van der Waals surface area contributed by atoms with E-state index in [0.717, 1.165) is 0 Å². The Kier molecular flexibility index (Phi) is 3.28. The molecule has 0 saturated heterocycles. The molecule has 1 rings (SSSR count). The number of ketones is 1. The molecule has 0 spiro atoms. The Morgan fingerprint density at radius 3 is 2.92 bits per heavy atom. The summed E-state index contributed by atoms with van der Waals surface area (Å²) in [6.45, 7) is 0.228. The smallest absolute Gasteiger partial charge is 0.165 e. The molecule has 0 atom stereocenters. The highest BCUT2D eigenvalue weighted by Gasteiger charge is 1.98. The van der Waals surface area contributed by atoms with Crippen molar-refractivity contribution in [1.82, 2.24) is 0 Å². The summed E-state index contributed by atoms with van der Waals surface area (Å²) in [5.74, 6) is 0.105. The first-order valence-corrected chi connectivity index (χ1v) is 3.97. The van der Waals surface area contributed by atoms with E-state index in [2.05, 4.69) is 5.32 Å². The molecular formula is C9H12N2O2. The molecule has 0 aliphatic rings. The van der Waals surface area contributed by atoms with E-state index in [4.69, 9.17) is 10.8 Å². The zero-order chi connectivity index (χ0) is 9.68. The van der Waals surface area contributed by atoms with Gasteiger partial charge in [0.25, 0.3) is 0 Å². The van der Waals surface area contributed by atoms with Gasteiger partial charge in [-0.25, -0.2) is 0 Å². The van der Waals surface area contributed by atoms with Crippen LogP contribution in [0.4, 0.5) is 5.69 Å². The molecule has 70 valence electrons. The maximum absolute atomic E-state index is 10.8. The average molecular weight is 180 g/mol. The molecule has 0 bridgehead atoms. The number of carbonyl (C=O) groups excluding carboxylic acids is 1. The van der Waals surface area contributed by atoms with Gasteiger partial charge in [-0.2, -0.15) is 0 Å². The molecule has 4 heteroatoms. The summed E-state index contributed by atoms with van der Waals surface area (Å²) in [6.07, 6.45) is 0. The average Bonchev–Trinajstić information content (AvgIpc) is 2.14. The fourth-order valence-corrected chi connectivity index (χ4v) is 0.889. The third-order valence-electron chi connectivity index (χ3n) is 1.56. The van der Waals surface area contributed by atoms with Gasteiger partial charge in [-0.15, -0.1) is 0 Å². The molecule has 0 aromatic heterocycles. The van der Waals surface area contributed by atoms with Crippen LogP contribution in [-0.4, -0.2) is 24.0 Å². The third kappa shape index (κ3) is 3.13. The highest BCUT2D eigenvalue weighted by atomic mass is 16.3. The van der Waals surface area contributed by atoms with E-state index in [0.29, 0.717) is 5.69 Å². The molecule has 13 heavy (non-hydrogen) atoms. The van der Waals surface area contributed by atoms with Crippen molar-refractivity contribution in [1.29, 1.82) is 0 Å². The largest absolute Gasteiger partial charge is 0.508 e. The van der Waals surface area contributed by atoms with E-state index in [-0.39, 0.29) is 24.6 Å². The zero-order valence-corrected chi connectivity index (χ0v) is 7.16. The number of Topliss-reactive ketones (excluding diaryl/α,β-unsaturated/α-hetero) is 1. The number of benzene rings is 1. The highest BCUT2D eigenvalue weighted by Crippen LogP contribution is 2.14. The molecule has 0 fully saturated rings. The molecule has 4 nitrogen and oxygen atoms in total. The van der Waals surface area contributed by atoms with Crippen molar-refractivity contribution in [2.24, 2.45) is 5.73 Å². The van der Waals surface area contributed by atoms with Crippen LogP contribution in [0.25, 0.3) is 0 Å². The lowest BCUT2D eigenvalue weighted by molar-refractivity contribution is -0.116. The molecule has 0 radical (unpaired) electrons. The number of rotatable bonds is 4. The second-order valence-electron chi connectivity index (χ2n) is 2.65. The lowest BCUT2D eigenvalue weighted by atomic mass is 10.3. The third-order valence-corrected chi connectivity index (χ3v) is 1.56. The van der Waals surface area contributed by atoms with Crippen LogP contribution in [0, 0.1) is 0 Å². The van der Waals surface area contributed by atoms with Crippen molar-refractivity contribution in [3.63, 3.8) is 0 Å². The van der Waals surface area contributed by atoms with E-state index < -0.39 is 0 Å². The molecule has 1 aromatic carbocycles. The van der Waals surface area contributed by atoms with Crippen LogP contribution in [0.5, 0.6) is 5.75 Å². The minimum Gasteiger partial charge on any atom is -0.508 e. The number of hydrogen-bond acceptors (Lipinski definition) is 4. The van der Waals surface area contributed by atoms with Crippen LogP contribution >= 0.6 is 0 Å². The van der Waals surface area contributed by atoms with Crippen LogP contribution in [0.15, 0.2) is 24.3 Å². The van der Waals surface area contributed by atoms with Gasteiger partial charge in [0.05, 0.1) is 13.1 Å². The number of nitrogens with two attached hydrogens (primary N) is 1. The van der Waals surface area contributed by atoms with Gasteiger partial charge in [-0.1, -0.05) is 6.07 Å². The Morgan fingerprint density at radius 2 is 2.31 bits per heavy atom. The number of phenolic OH excluding ortho intramolecular Hbond substituents is 1. The maximum Gasteiger partial charge on any atom is 0.165 e. The summed E-state index contributed by atoms with van der Waals surface area (Å²) in [5.41, 5.74) is 5.84. The number of phenols is 1. The second kappa shape index (κ2) is 4.47. The van der Waals surface area contributed by atoms with Crippen LogP contribution in [0.3, 0.4) is 0 Å². The molecule has 1 aromatic rings. The summed E-state index contributed by atoms with van der Waals surface area (Å²) in [5, 5.41) is 11.9. The van der Waals surface area contributed by atoms with Gasteiger partial charge in [0, 0.05) is 11.8 Å². The Balaban J connectivity index is 2.50. The molecular weight excluding hydrogens is 168 g/mol. The number of nitrogens with one attached hydrogen (secondary N) is 1. The summed E-state index contributed by atoms with van der Waals surface area (Å²) < 4.78 is 0. The Morgan fingerprint density at radius 1 is 1.54 bits per heavy atom. The molecule has 0 aliphatic carbocycles. The predicted molar refractivity (Wildman–Crippen MR) is 50.7 cm³/mol. The number of anilines is 1. The first kappa shape index (κ1) is 9.54. The summed E-state index contributed by atoms with van der Waals surface area (Å²) in [4.78, 5) is 10.8. The van der Waals surface area contributed by atoms with Crippen LogP contribution in [0.2, 0.25) is 0 Å².